The minimum atomic E-state index is -1.93. The Hall–Kier alpha value is -1.91. The van der Waals surface area contributed by atoms with Gasteiger partial charge in [0, 0.05) is 25.0 Å². The van der Waals surface area contributed by atoms with Crippen molar-refractivity contribution >= 4 is 17.7 Å². The molecule has 0 aromatic rings. The first-order valence-electron chi connectivity index (χ1n) is 5.09. The lowest BCUT2D eigenvalue weighted by Crippen LogP contribution is -2.49. The van der Waals surface area contributed by atoms with Crippen molar-refractivity contribution in [1.29, 1.82) is 0 Å². The summed E-state index contributed by atoms with van der Waals surface area (Å²) in [5.41, 5.74) is 0.719. The maximum absolute atomic E-state index is 12.1. The second-order valence-corrected chi connectivity index (χ2v) is 3.83. The highest BCUT2D eigenvalue weighted by Crippen LogP contribution is 2.31. The van der Waals surface area contributed by atoms with Gasteiger partial charge >= 0.3 is 17.7 Å². The van der Waals surface area contributed by atoms with Gasteiger partial charge in [0.1, 0.15) is 0 Å². The van der Waals surface area contributed by atoms with E-state index in [1.54, 1.807) is 26.0 Å². The van der Waals surface area contributed by atoms with Gasteiger partial charge in [-0.3, -0.25) is 14.4 Å². The molecular formula is C12H14O5. The predicted octanol–water partition coefficient (Wildman–Crippen LogP) is 1.28. The molecule has 0 spiro atoms. The van der Waals surface area contributed by atoms with E-state index in [4.69, 9.17) is 9.47 Å². The Labute approximate surface area is 99.1 Å². The van der Waals surface area contributed by atoms with Crippen LogP contribution in [0.1, 0.15) is 27.7 Å². The van der Waals surface area contributed by atoms with Crippen LogP contribution in [0.3, 0.4) is 0 Å². The maximum atomic E-state index is 12.1. The largest absolute Gasteiger partial charge is 0.411 e. The van der Waals surface area contributed by atoms with Crippen molar-refractivity contribution in [3.63, 3.8) is 0 Å². The topological polar surface area (TPSA) is 69.7 Å². The van der Waals surface area contributed by atoms with Crippen LogP contribution in [-0.2, 0) is 23.9 Å². The van der Waals surface area contributed by atoms with Crippen LogP contribution in [0.25, 0.3) is 0 Å². The predicted molar refractivity (Wildman–Crippen MR) is 58.8 cm³/mol. The number of esters is 2. The van der Waals surface area contributed by atoms with Crippen molar-refractivity contribution in [3.05, 3.63) is 23.3 Å². The molecule has 0 heterocycles. The summed E-state index contributed by atoms with van der Waals surface area (Å²) in [6, 6.07) is 0. The average molecular weight is 238 g/mol. The third kappa shape index (κ3) is 2.43. The summed E-state index contributed by atoms with van der Waals surface area (Å²) < 4.78 is 9.89. The van der Waals surface area contributed by atoms with Gasteiger partial charge in [0.2, 0.25) is 5.78 Å². The molecule has 0 fully saturated rings. The lowest BCUT2D eigenvalue weighted by molar-refractivity contribution is -0.211. The molecule has 0 bridgehead atoms. The van der Waals surface area contributed by atoms with E-state index >= 15 is 0 Å². The van der Waals surface area contributed by atoms with Gasteiger partial charge in [-0.15, -0.1) is 0 Å². The number of Topliss-reactive ketones (excluding diaryl/α,β-unsaturated/α-hetero) is 1. The summed E-state index contributed by atoms with van der Waals surface area (Å²) in [5.74, 6) is -3.86. The van der Waals surface area contributed by atoms with Crippen LogP contribution in [0.2, 0.25) is 0 Å². The van der Waals surface area contributed by atoms with Crippen LogP contribution in [0, 0.1) is 0 Å². The minimum absolute atomic E-state index is 0.359. The highest BCUT2D eigenvalue weighted by molar-refractivity contribution is 6.05. The van der Waals surface area contributed by atoms with Gasteiger partial charge in [-0.2, -0.15) is 0 Å². The fourth-order valence-electron chi connectivity index (χ4n) is 1.55. The van der Waals surface area contributed by atoms with E-state index in [0.717, 1.165) is 13.8 Å². The number of rotatable bonds is 2. The van der Waals surface area contributed by atoms with Gasteiger partial charge in [0.15, 0.2) is 0 Å². The third-order valence-electron chi connectivity index (χ3n) is 2.33. The van der Waals surface area contributed by atoms with Gasteiger partial charge in [-0.05, 0) is 13.8 Å². The molecule has 1 aliphatic carbocycles. The van der Waals surface area contributed by atoms with E-state index in [0.29, 0.717) is 11.1 Å². The fraction of sp³-hybridized carbons (Fsp3) is 0.417. The molecule has 0 radical (unpaired) electrons. The highest BCUT2D eigenvalue weighted by atomic mass is 16.7. The van der Waals surface area contributed by atoms with Crippen molar-refractivity contribution in [3.8, 4) is 0 Å². The SMILES string of the molecule is CC(=O)OC1(OC(C)=O)C(=O)C(C)=CC=C1C. The maximum Gasteiger partial charge on any atom is 0.343 e. The van der Waals surface area contributed by atoms with Gasteiger partial charge in [-0.25, -0.2) is 0 Å². The molecule has 1 rings (SSSR count). The standard InChI is InChI=1S/C12H14O5/c1-7-5-6-8(2)12(11(7)15,16-9(3)13)17-10(4)14/h5-6H,1-4H3. The van der Waals surface area contributed by atoms with Gasteiger partial charge in [0.25, 0.3) is 0 Å². The first-order valence-corrected chi connectivity index (χ1v) is 5.09. The molecular weight excluding hydrogens is 224 g/mol. The van der Waals surface area contributed by atoms with E-state index < -0.39 is 23.5 Å². The normalized spacial score (nSPS) is 18.0. The minimum Gasteiger partial charge on any atom is -0.411 e. The summed E-state index contributed by atoms with van der Waals surface area (Å²) in [6.45, 7) is 5.43. The quantitative estimate of drug-likeness (QED) is 0.535. The van der Waals surface area contributed by atoms with Gasteiger partial charge in [-0.1, -0.05) is 12.2 Å². The summed E-state index contributed by atoms with van der Waals surface area (Å²) in [4.78, 5) is 34.2. The lowest BCUT2D eigenvalue weighted by Gasteiger charge is -2.33. The number of hydrogen-bond donors (Lipinski definition) is 0. The molecule has 5 nitrogen and oxygen atoms in total. The van der Waals surface area contributed by atoms with E-state index in [-0.39, 0.29) is 0 Å². The molecule has 0 aromatic heterocycles. The molecule has 0 amide bonds. The number of ether oxygens (including phenoxy) is 2. The van der Waals surface area contributed by atoms with Crippen LogP contribution < -0.4 is 0 Å². The summed E-state index contributed by atoms with van der Waals surface area (Å²) in [7, 11) is 0. The van der Waals surface area contributed by atoms with Gasteiger partial charge in [0.05, 0.1) is 0 Å². The first kappa shape index (κ1) is 13.2. The number of carbonyl (C=O) groups excluding carboxylic acids is 3. The zero-order valence-electron chi connectivity index (χ0n) is 10.2. The molecule has 5 heteroatoms. The Balaban J connectivity index is 3.26. The Morgan fingerprint density at radius 1 is 1.06 bits per heavy atom. The second kappa shape index (κ2) is 4.53. The Morgan fingerprint density at radius 2 is 1.53 bits per heavy atom. The van der Waals surface area contributed by atoms with E-state index in [1.165, 1.54) is 0 Å². The van der Waals surface area contributed by atoms with Crippen molar-refractivity contribution < 1.29 is 23.9 Å². The van der Waals surface area contributed by atoms with Crippen LogP contribution in [0.5, 0.6) is 0 Å². The van der Waals surface area contributed by atoms with E-state index in [2.05, 4.69) is 0 Å². The molecule has 0 N–H and O–H groups in total. The summed E-state index contributed by atoms with van der Waals surface area (Å²) in [5, 5.41) is 0. The molecule has 0 aromatic carbocycles. The zero-order chi connectivity index (χ0) is 13.2. The molecule has 0 atom stereocenters. The molecule has 0 saturated heterocycles. The van der Waals surface area contributed by atoms with Crippen molar-refractivity contribution in [2.45, 2.75) is 33.5 Å². The van der Waals surface area contributed by atoms with Crippen molar-refractivity contribution in [2.24, 2.45) is 0 Å². The molecule has 0 saturated carbocycles. The monoisotopic (exact) mass is 238 g/mol. The smallest absolute Gasteiger partial charge is 0.343 e. The number of carbonyl (C=O) groups is 3. The number of allylic oxidation sites excluding steroid dienone is 2. The van der Waals surface area contributed by atoms with Crippen LogP contribution >= 0.6 is 0 Å². The van der Waals surface area contributed by atoms with Gasteiger partial charge < -0.3 is 9.47 Å². The van der Waals surface area contributed by atoms with Crippen molar-refractivity contribution in [2.75, 3.05) is 0 Å². The van der Waals surface area contributed by atoms with Crippen LogP contribution in [0.15, 0.2) is 23.3 Å². The molecule has 0 aliphatic heterocycles. The lowest BCUT2D eigenvalue weighted by atomic mass is 9.92. The van der Waals surface area contributed by atoms with Crippen LogP contribution in [0.4, 0.5) is 0 Å². The molecule has 17 heavy (non-hydrogen) atoms. The summed E-state index contributed by atoms with van der Waals surface area (Å²) in [6.07, 6.45) is 3.17. The second-order valence-electron chi connectivity index (χ2n) is 3.83. The summed E-state index contributed by atoms with van der Waals surface area (Å²) >= 11 is 0. The Bertz CT molecular complexity index is 422. The molecule has 1 aliphatic rings. The highest BCUT2D eigenvalue weighted by Gasteiger charge is 2.49. The third-order valence-corrected chi connectivity index (χ3v) is 2.33. The number of hydrogen-bond acceptors (Lipinski definition) is 5. The molecule has 0 unspecified atom stereocenters. The average Bonchev–Trinajstić information content (AvgIpc) is 2.19. The van der Waals surface area contributed by atoms with E-state index in [9.17, 15) is 14.4 Å². The van der Waals surface area contributed by atoms with Crippen LogP contribution in [-0.4, -0.2) is 23.5 Å². The zero-order valence-corrected chi connectivity index (χ0v) is 10.2. The van der Waals surface area contributed by atoms with E-state index in [1.807, 2.05) is 0 Å². The van der Waals surface area contributed by atoms with Crippen molar-refractivity contribution in [1.82, 2.24) is 0 Å². The molecule has 92 valence electrons. The fourth-order valence-corrected chi connectivity index (χ4v) is 1.55. The Morgan fingerprint density at radius 3 is 1.94 bits per heavy atom. The Kier molecular flexibility index (Phi) is 3.50. The number of ketones is 1. The first-order chi connectivity index (χ1) is 7.79.